The second-order valence-corrected chi connectivity index (χ2v) is 5.19. The van der Waals surface area contributed by atoms with Crippen LogP contribution in [-0.2, 0) is 4.79 Å². The number of carbonyl (C=O) groups is 1. The van der Waals surface area contributed by atoms with E-state index in [9.17, 15) is 4.79 Å². The van der Waals surface area contributed by atoms with E-state index in [4.69, 9.17) is 0 Å². The molecule has 0 spiro atoms. The number of amides is 1. The minimum absolute atomic E-state index is 0.246. The first-order valence-corrected chi connectivity index (χ1v) is 6.84. The van der Waals surface area contributed by atoms with Gasteiger partial charge in [-0.05, 0) is 25.4 Å². The molecule has 1 N–H and O–H groups in total. The quantitative estimate of drug-likeness (QED) is 0.747. The average molecular weight is 241 g/mol. The lowest BCUT2D eigenvalue weighted by Gasteiger charge is -2.35. The molecule has 0 aliphatic carbocycles. The number of nitrogens with one attached hydrogen (secondary N) is 1. The summed E-state index contributed by atoms with van der Waals surface area (Å²) in [7, 11) is 0. The fraction of sp³-hybridized carbons (Fsp3) is 0.923. The first-order valence-electron chi connectivity index (χ1n) is 6.84. The number of hydrogen-bond acceptors (Lipinski definition) is 3. The fourth-order valence-corrected chi connectivity index (χ4v) is 2.01. The van der Waals surface area contributed by atoms with Crippen LogP contribution in [0, 0.1) is 5.92 Å². The summed E-state index contributed by atoms with van der Waals surface area (Å²) in [4.78, 5) is 16.2. The van der Waals surface area contributed by atoms with Gasteiger partial charge in [-0.25, -0.2) is 0 Å². The molecular formula is C13H27N3O. The highest BCUT2D eigenvalue weighted by Crippen LogP contribution is 2.06. The van der Waals surface area contributed by atoms with Gasteiger partial charge in [0.2, 0.25) is 5.91 Å². The van der Waals surface area contributed by atoms with Gasteiger partial charge in [0.1, 0.15) is 0 Å². The Kier molecular flexibility index (Phi) is 6.52. The van der Waals surface area contributed by atoms with E-state index in [1.54, 1.807) is 0 Å². The van der Waals surface area contributed by atoms with Crippen molar-refractivity contribution in [2.24, 2.45) is 5.92 Å². The van der Waals surface area contributed by atoms with Crippen LogP contribution < -0.4 is 5.32 Å². The van der Waals surface area contributed by atoms with Crippen molar-refractivity contribution in [2.45, 2.75) is 27.2 Å². The van der Waals surface area contributed by atoms with Gasteiger partial charge < -0.3 is 10.2 Å². The molecule has 0 aromatic rings. The van der Waals surface area contributed by atoms with Gasteiger partial charge >= 0.3 is 0 Å². The highest BCUT2D eigenvalue weighted by molar-refractivity contribution is 5.78. The van der Waals surface area contributed by atoms with Crippen molar-refractivity contribution >= 4 is 5.91 Å². The zero-order valence-corrected chi connectivity index (χ0v) is 11.5. The Labute approximate surface area is 105 Å². The Balaban J connectivity index is 2.18. The van der Waals surface area contributed by atoms with Crippen molar-refractivity contribution in [2.75, 3.05) is 45.8 Å². The van der Waals surface area contributed by atoms with Crippen LogP contribution in [0.1, 0.15) is 27.2 Å². The second-order valence-electron chi connectivity index (χ2n) is 5.19. The normalized spacial score (nSPS) is 17.8. The maximum absolute atomic E-state index is 11.8. The smallest absolute Gasteiger partial charge is 0.236 e. The van der Waals surface area contributed by atoms with Gasteiger partial charge in [0.15, 0.2) is 0 Å². The Morgan fingerprint density at radius 2 is 1.88 bits per heavy atom. The van der Waals surface area contributed by atoms with Crippen molar-refractivity contribution in [1.82, 2.24) is 15.1 Å². The summed E-state index contributed by atoms with van der Waals surface area (Å²) in [5, 5.41) is 3.09. The maximum atomic E-state index is 11.8. The Morgan fingerprint density at radius 3 is 2.41 bits per heavy atom. The minimum atomic E-state index is 0.246. The summed E-state index contributed by atoms with van der Waals surface area (Å²) >= 11 is 0. The molecule has 0 unspecified atom stereocenters. The molecule has 100 valence electrons. The third-order valence-corrected chi connectivity index (χ3v) is 3.27. The molecule has 1 fully saturated rings. The molecule has 17 heavy (non-hydrogen) atoms. The molecule has 1 aliphatic heterocycles. The van der Waals surface area contributed by atoms with Crippen molar-refractivity contribution in [1.29, 1.82) is 0 Å². The van der Waals surface area contributed by atoms with Gasteiger partial charge in [0, 0.05) is 26.2 Å². The molecule has 1 saturated heterocycles. The molecule has 4 heteroatoms. The molecule has 1 heterocycles. The van der Waals surface area contributed by atoms with E-state index >= 15 is 0 Å². The van der Waals surface area contributed by atoms with Crippen LogP contribution >= 0.6 is 0 Å². The number of likely N-dealkylation sites (N-methyl/N-ethyl adjacent to an activating group) is 1. The summed E-state index contributed by atoms with van der Waals surface area (Å²) in [6, 6.07) is 0. The van der Waals surface area contributed by atoms with Crippen LogP contribution in [0.25, 0.3) is 0 Å². The maximum Gasteiger partial charge on any atom is 0.236 e. The topological polar surface area (TPSA) is 35.6 Å². The van der Waals surface area contributed by atoms with E-state index in [0.717, 1.165) is 38.6 Å². The third-order valence-electron chi connectivity index (χ3n) is 3.27. The van der Waals surface area contributed by atoms with Crippen LogP contribution in [-0.4, -0.2) is 61.5 Å². The predicted molar refractivity (Wildman–Crippen MR) is 71.0 cm³/mol. The van der Waals surface area contributed by atoms with Crippen molar-refractivity contribution < 1.29 is 4.79 Å². The SMILES string of the molecule is CCNCC(=O)N1CCN(CCC(C)C)CC1. The highest BCUT2D eigenvalue weighted by Gasteiger charge is 2.20. The van der Waals surface area contributed by atoms with Gasteiger partial charge in [-0.1, -0.05) is 20.8 Å². The van der Waals surface area contributed by atoms with Crippen LogP contribution in [0.15, 0.2) is 0 Å². The molecule has 0 aromatic carbocycles. The van der Waals surface area contributed by atoms with Gasteiger partial charge in [-0.2, -0.15) is 0 Å². The van der Waals surface area contributed by atoms with Crippen molar-refractivity contribution in [3.05, 3.63) is 0 Å². The van der Waals surface area contributed by atoms with Crippen molar-refractivity contribution in [3.63, 3.8) is 0 Å². The summed E-state index contributed by atoms with van der Waals surface area (Å²) < 4.78 is 0. The van der Waals surface area contributed by atoms with Gasteiger partial charge in [-0.3, -0.25) is 9.69 Å². The van der Waals surface area contributed by atoms with E-state index in [0.29, 0.717) is 6.54 Å². The van der Waals surface area contributed by atoms with E-state index in [1.165, 1.54) is 13.0 Å². The Bertz CT molecular complexity index is 223. The number of carbonyl (C=O) groups excluding carboxylic acids is 1. The van der Waals surface area contributed by atoms with Crippen LogP contribution in [0.5, 0.6) is 0 Å². The van der Waals surface area contributed by atoms with Gasteiger partial charge in [0.05, 0.1) is 6.54 Å². The predicted octanol–water partition coefficient (Wildman–Crippen LogP) is 0.786. The molecule has 0 atom stereocenters. The third kappa shape index (κ3) is 5.50. The Hall–Kier alpha value is -0.610. The average Bonchev–Trinajstić information content (AvgIpc) is 2.34. The molecular weight excluding hydrogens is 214 g/mol. The minimum Gasteiger partial charge on any atom is -0.339 e. The monoisotopic (exact) mass is 241 g/mol. The number of nitrogens with zero attached hydrogens (tertiary/aromatic N) is 2. The van der Waals surface area contributed by atoms with Crippen LogP contribution in [0.4, 0.5) is 0 Å². The first-order chi connectivity index (χ1) is 8.13. The van der Waals surface area contributed by atoms with E-state index in [1.807, 2.05) is 11.8 Å². The highest BCUT2D eigenvalue weighted by atomic mass is 16.2. The molecule has 0 radical (unpaired) electrons. The van der Waals surface area contributed by atoms with Crippen molar-refractivity contribution in [3.8, 4) is 0 Å². The van der Waals surface area contributed by atoms with E-state index in [2.05, 4.69) is 24.1 Å². The molecule has 1 amide bonds. The Morgan fingerprint density at radius 1 is 1.24 bits per heavy atom. The molecule has 0 saturated carbocycles. The molecule has 0 aromatic heterocycles. The molecule has 4 nitrogen and oxygen atoms in total. The van der Waals surface area contributed by atoms with Gasteiger partial charge in [-0.15, -0.1) is 0 Å². The molecule has 1 rings (SSSR count). The standard InChI is InChI=1S/C13H27N3O/c1-4-14-11-13(17)16-9-7-15(8-10-16)6-5-12(2)3/h12,14H,4-11H2,1-3H3. The lowest BCUT2D eigenvalue weighted by Crippen LogP contribution is -2.50. The summed E-state index contributed by atoms with van der Waals surface area (Å²) in [6.45, 7) is 12.9. The summed E-state index contributed by atoms with van der Waals surface area (Å²) in [5.41, 5.74) is 0. The molecule has 1 aliphatic rings. The van der Waals surface area contributed by atoms with Crippen LogP contribution in [0.3, 0.4) is 0 Å². The summed E-state index contributed by atoms with van der Waals surface area (Å²) in [5.74, 6) is 1.01. The lowest BCUT2D eigenvalue weighted by molar-refractivity contribution is -0.131. The van der Waals surface area contributed by atoms with Gasteiger partial charge in [0.25, 0.3) is 0 Å². The zero-order valence-electron chi connectivity index (χ0n) is 11.5. The first kappa shape index (κ1) is 14.5. The number of rotatable bonds is 6. The lowest BCUT2D eigenvalue weighted by atomic mass is 10.1. The second kappa shape index (κ2) is 7.67. The number of hydrogen-bond donors (Lipinski definition) is 1. The zero-order chi connectivity index (χ0) is 12.7. The largest absolute Gasteiger partial charge is 0.339 e. The fourth-order valence-electron chi connectivity index (χ4n) is 2.01. The summed E-state index contributed by atoms with van der Waals surface area (Å²) in [6.07, 6.45) is 1.26. The molecule has 0 bridgehead atoms. The van der Waals surface area contributed by atoms with E-state index < -0.39 is 0 Å². The van der Waals surface area contributed by atoms with E-state index in [-0.39, 0.29) is 5.91 Å². The number of piperazine rings is 1. The van der Waals surface area contributed by atoms with Crippen LogP contribution in [0.2, 0.25) is 0 Å².